The lowest BCUT2D eigenvalue weighted by atomic mass is 10.1. The molecule has 2 aromatic rings. The zero-order valence-electron chi connectivity index (χ0n) is 14.1. The highest BCUT2D eigenvalue weighted by Gasteiger charge is 2.14. The van der Waals surface area contributed by atoms with Crippen LogP contribution >= 0.6 is 23.6 Å². The third-order valence-electron chi connectivity index (χ3n) is 4.39. The molecule has 130 valence electrons. The number of hydrogen-bond acceptors (Lipinski definition) is 5. The fraction of sp³-hybridized carbons (Fsp3) is 0.529. The summed E-state index contributed by atoms with van der Waals surface area (Å²) in [7, 11) is 1.67. The van der Waals surface area contributed by atoms with Crippen LogP contribution in [0.25, 0.3) is 0 Å². The van der Waals surface area contributed by atoms with Gasteiger partial charge in [-0.25, -0.2) is 0 Å². The number of quaternary nitrogens is 1. The number of ether oxygens (including phenoxy) is 1. The van der Waals surface area contributed by atoms with Crippen LogP contribution in [0.3, 0.4) is 0 Å². The molecule has 1 aliphatic rings. The summed E-state index contributed by atoms with van der Waals surface area (Å²) in [5.74, 6) is 0.805. The molecule has 7 heteroatoms. The Balaban J connectivity index is 1.69. The van der Waals surface area contributed by atoms with Gasteiger partial charge in [-0.2, -0.15) is 4.68 Å². The van der Waals surface area contributed by atoms with Crippen molar-refractivity contribution in [2.75, 3.05) is 25.5 Å². The first kappa shape index (κ1) is 17.4. The number of anilines is 2. The standard InChI is InChI=1S/C17H24N4OS2/c1-22-15-10-6-5-9-14(15)18-16-19-21(17(23)24-16)13-20-11-7-3-2-4-8-12-20/h5-6,9-10H,2-4,7-8,11-13H2,1H3,(H,18,19)/p+1. The van der Waals surface area contributed by atoms with Crippen molar-refractivity contribution in [3.05, 3.63) is 28.2 Å². The maximum Gasteiger partial charge on any atom is 0.209 e. The van der Waals surface area contributed by atoms with Gasteiger partial charge in [0.2, 0.25) is 5.13 Å². The lowest BCUT2D eigenvalue weighted by Crippen LogP contribution is -3.11. The van der Waals surface area contributed by atoms with E-state index in [1.165, 1.54) is 56.5 Å². The second-order valence-corrected chi connectivity index (χ2v) is 7.80. The monoisotopic (exact) mass is 365 g/mol. The number of rotatable bonds is 5. The Morgan fingerprint density at radius 2 is 1.92 bits per heavy atom. The number of benzene rings is 1. The van der Waals surface area contributed by atoms with E-state index in [1.807, 2.05) is 28.9 Å². The minimum atomic E-state index is 0.805. The van der Waals surface area contributed by atoms with Crippen LogP contribution in [0.5, 0.6) is 5.75 Å². The summed E-state index contributed by atoms with van der Waals surface area (Å²) in [6.45, 7) is 3.30. The third kappa shape index (κ3) is 4.55. The predicted octanol–water partition coefficient (Wildman–Crippen LogP) is 3.23. The molecule has 0 amide bonds. The summed E-state index contributed by atoms with van der Waals surface area (Å²) in [5, 5.41) is 8.82. The van der Waals surface area contributed by atoms with Crippen LogP contribution in [-0.4, -0.2) is 30.0 Å². The molecule has 1 saturated heterocycles. The minimum Gasteiger partial charge on any atom is -0.495 e. The van der Waals surface area contributed by atoms with Crippen molar-refractivity contribution in [3.8, 4) is 5.75 Å². The molecule has 2 N–H and O–H groups in total. The molecule has 5 nitrogen and oxygen atoms in total. The van der Waals surface area contributed by atoms with Gasteiger partial charge in [-0.1, -0.05) is 29.9 Å². The summed E-state index contributed by atoms with van der Waals surface area (Å²) in [5.41, 5.74) is 0.912. The van der Waals surface area contributed by atoms with E-state index in [0.717, 1.165) is 27.2 Å². The fourth-order valence-electron chi connectivity index (χ4n) is 3.10. The smallest absolute Gasteiger partial charge is 0.209 e. The molecule has 24 heavy (non-hydrogen) atoms. The van der Waals surface area contributed by atoms with Gasteiger partial charge in [0.25, 0.3) is 0 Å². The molecule has 1 fully saturated rings. The molecule has 0 aliphatic carbocycles. The third-order valence-corrected chi connectivity index (χ3v) is 5.61. The molecule has 2 heterocycles. The van der Waals surface area contributed by atoms with Crippen molar-refractivity contribution in [2.45, 2.75) is 38.8 Å². The first-order valence-corrected chi connectivity index (χ1v) is 9.80. The number of likely N-dealkylation sites (tertiary alicyclic amines) is 1. The predicted molar refractivity (Wildman–Crippen MR) is 101 cm³/mol. The summed E-state index contributed by atoms with van der Waals surface area (Å²) in [6.07, 6.45) is 6.70. The molecular weight excluding hydrogens is 340 g/mol. The van der Waals surface area contributed by atoms with Gasteiger partial charge in [0.1, 0.15) is 5.75 Å². The Labute approximate surface area is 152 Å². The first-order valence-electron chi connectivity index (χ1n) is 8.58. The van der Waals surface area contributed by atoms with Crippen LogP contribution in [0.2, 0.25) is 0 Å². The number of methoxy groups -OCH3 is 1. The zero-order valence-corrected chi connectivity index (χ0v) is 15.7. The van der Waals surface area contributed by atoms with Crippen LogP contribution in [-0.2, 0) is 6.67 Å². The molecule has 1 aromatic heterocycles. The van der Waals surface area contributed by atoms with E-state index in [9.17, 15) is 0 Å². The van der Waals surface area contributed by atoms with Crippen molar-refractivity contribution in [1.82, 2.24) is 9.78 Å². The average molecular weight is 366 g/mol. The van der Waals surface area contributed by atoms with E-state index in [4.69, 9.17) is 17.0 Å². The topological polar surface area (TPSA) is 43.5 Å². The lowest BCUT2D eigenvalue weighted by molar-refractivity contribution is -0.924. The number of hydrogen-bond donors (Lipinski definition) is 2. The molecule has 1 aromatic carbocycles. The van der Waals surface area contributed by atoms with Crippen molar-refractivity contribution < 1.29 is 9.64 Å². The molecule has 0 atom stereocenters. The summed E-state index contributed by atoms with van der Waals surface area (Å²) in [6, 6.07) is 7.85. The zero-order chi connectivity index (χ0) is 16.8. The summed E-state index contributed by atoms with van der Waals surface area (Å²) in [4.78, 5) is 1.58. The maximum absolute atomic E-state index is 5.51. The van der Waals surface area contributed by atoms with Crippen LogP contribution in [0, 0.1) is 3.95 Å². The average Bonchev–Trinajstić information content (AvgIpc) is 2.90. The second-order valence-electron chi connectivity index (χ2n) is 6.17. The van der Waals surface area contributed by atoms with Gasteiger partial charge in [-0.3, -0.25) is 0 Å². The number of nitrogens with one attached hydrogen (secondary N) is 2. The van der Waals surface area contributed by atoms with E-state index >= 15 is 0 Å². The summed E-state index contributed by atoms with van der Waals surface area (Å²) < 4.78 is 8.17. The van der Waals surface area contributed by atoms with Gasteiger partial charge in [-0.15, -0.1) is 5.10 Å². The second kappa shape index (κ2) is 8.60. The van der Waals surface area contributed by atoms with Gasteiger partial charge in [0.15, 0.2) is 10.6 Å². The minimum absolute atomic E-state index is 0.805. The molecule has 0 spiro atoms. The highest BCUT2D eigenvalue weighted by molar-refractivity contribution is 7.73. The van der Waals surface area contributed by atoms with Gasteiger partial charge < -0.3 is 15.0 Å². The van der Waals surface area contributed by atoms with Crippen molar-refractivity contribution in [2.24, 2.45) is 0 Å². The first-order chi connectivity index (χ1) is 11.8. The van der Waals surface area contributed by atoms with Crippen LogP contribution < -0.4 is 15.0 Å². The molecule has 3 rings (SSSR count). The van der Waals surface area contributed by atoms with Crippen molar-refractivity contribution in [1.29, 1.82) is 0 Å². The summed E-state index contributed by atoms with van der Waals surface area (Å²) >= 11 is 7.03. The van der Waals surface area contributed by atoms with E-state index in [0.29, 0.717) is 0 Å². The largest absolute Gasteiger partial charge is 0.495 e. The molecule has 0 bridgehead atoms. The SMILES string of the molecule is COc1ccccc1Nc1nn(C[NH+]2CCCCCCC2)c(=S)s1. The molecule has 0 unspecified atom stereocenters. The number of para-hydroxylation sites is 2. The van der Waals surface area contributed by atoms with Gasteiger partial charge in [0.05, 0.1) is 25.9 Å². The number of nitrogens with zero attached hydrogens (tertiary/aromatic N) is 2. The molecule has 0 saturated carbocycles. The van der Waals surface area contributed by atoms with Gasteiger partial charge in [0, 0.05) is 0 Å². The highest BCUT2D eigenvalue weighted by atomic mass is 32.1. The fourth-order valence-corrected chi connectivity index (χ4v) is 4.11. The quantitative estimate of drug-likeness (QED) is 0.799. The van der Waals surface area contributed by atoms with E-state index in [1.54, 1.807) is 12.0 Å². The van der Waals surface area contributed by atoms with E-state index < -0.39 is 0 Å². The molecular formula is C17H25N4OS2+. The van der Waals surface area contributed by atoms with Gasteiger partial charge >= 0.3 is 0 Å². The normalized spacial score (nSPS) is 16.4. The Hall–Kier alpha value is -1.44. The van der Waals surface area contributed by atoms with Crippen LogP contribution in [0.4, 0.5) is 10.8 Å². The van der Waals surface area contributed by atoms with E-state index in [2.05, 4.69) is 10.4 Å². The Morgan fingerprint density at radius 3 is 2.67 bits per heavy atom. The van der Waals surface area contributed by atoms with E-state index in [-0.39, 0.29) is 0 Å². The maximum atomic E-state index is 5.51. The Morgan fingerprint density at radius 1 is 1.21 bits per heavy atom. The van der Waals surface area contributed by atoms with Crippen LogP contribution in [0.1, 0.15) is 32.1 Å². The highest BCUT2D eigenvalue weighted by Crippen LogP contribution is 2.28. The van der Waals surface area contributed by atoms with Crippen molar-refractivity contribution >= 4 is 34.4 Å². The Bertz CT molecular complexity index is 705. The van der Waals surface area contributed by atoms with Crippen molar-refractivity contribution in [3.63, 3.8) is 0 Å². The van der Waals surface area contributed by atoms with Crippen LogP contribution in [0.15, 0.2) is 24.3 Å². The number of aromatic nitrogens is 2. The van der Waals surface area contributed by atoms with Gasteiger partial charge in [-0.05, 0) is 50.0 Å². The lowest BCUT2D eigenvalue weighted by Gasteiger charge is -2.21. The molecule has 1 aliphatic heterocycles. The molecule has 0 radical (unpaired) electrons. The Kier molecular flexibility index (Phi) is 6.23.